The lowest BCUT2D eigenvalue weighted by atomic mass is 10.1. The molecule has 0 aromatic heterocycles. The monoisotopic (exact) mass is 206 g/mol. The van der Waals surface area contributed by atoms with Gasteiger partial charge in [-0.3, -0.25) is 0 Å². The standard InChI is InChI=1S/C11H14N2O2/c12-8-3-4-9(11(14)15)10(5-8)13-6-7-1-2-7/h3-5,7,13H,1-2,6,12H2,(H,14,15). The van der Waals surface area contributed by atoms with E-state index in [1.54, 1.807) is 12.1 Å². The van der Waals surface area contributed by atoms with Crippen LogP contribution >= 0.6 is 0 Å². The number of benzene rings is 1. The average molecular weight is 206 g/mol. The Labute approximate surface area is 88.1 Å². The molecular weight excluding hydrogens is 192 g/mol. The van der Waals surface area contributed by atoms with E-state index >= 15 is 0 Å². The minimum absolute atomic E-state index is 0.282. The first-order chi connectivity index (χ1) is 7.16. The molecule has 1 aliphatic rings. The minimum Gasteiger partial charge on any atom is -0.478 e. The van der Waals surface area contributed by atoms with E-state index in [9.17, 15) is 4.79 Å². The van der Waals surface area contributed by atoms with E-state index in [1.807, 2.05) is 0 Å². The molecule has 0 aliphatic heterocycles. The van der Waals surface area contributed by atoms with Crippen molar-refractivity contribution in [1.29, 1.82) is 0 Å². The molecule has 0 saturated heterocycles. The Morgan fingerprint density at radius 1 is 1.53 bits per heavy atom. The summed E-state index contributed by atoms with van der Waals surface area (Å²) in [7, 11) is 0. The predicted octanol–water partition coefficient (Wildman–Crippen LogP) is 1.79. The SMILES string of the molecule is Nc1ccc(C(=O)O)c(NCC2CC2)c1. The number of hydrogen-bond donors (Lipinski definition) is 3. The topological polar surface area (TPSA) is 75.4 Å². The van der Waals surface area contributed by atoms with Crippen molar-refractivity contribution in [3.63, 3.8) is 0 Å². The quantitative estimate of drug-likeness (QED) is 0.656. The maximum Gasteiger partial charge on any atom is 0.337 e. The van der Waals surface area contributed by atoms with Crippen molar-refractivity contribution in [2.45, 2.75) is 12.8 Å². The van der Waals surface area contributed by atoms with E-state index < -0.39 is 5.97 Å². The highest BCUT2D eigenvalue weighted by atomic mass is 16.4. The molecule has 80 valence electrons. The molecule has 0 amide bonds. The van der Waals surface area contributed by atoms with Gasteiger partial charge in [0, 0.05) is 12.2 Å². The fraction of sp³-hybridized carbons (Fsp3) is 0.364. The highest BCUT2D eigenvalue weighted by Gasteiger charge is 2.21. The number of carboxylic acid groups (broad SMARTS) is 1. The Kier molecular flexibility index (Phi) is 2.49. The van der Waals surface area contributed by atoms with Gasteiger partial charge in [0.1, 0.15) is 0 Å². The van der Waals surface area contributed by atoms with E-state index in [4.69, 9.17) is 10.8 Å². The van der Waals surface area contributed by atoms with Gasteiger partial charge < -0.3 is 16.2 Å². The number of nitrogens with one attached hydrogen (secondary N) is 1. The summed E-state index contributed by atoms with van der Waals surface area (Å²) in [4.78, 5) is 10.9. The second-order valence-electron chi connectivity index (χ2n) is 3.93. The second-order valence-corrected chi connectivity index (χ2v) is 3.93. The number of hydrogen-bond acceptors (Lipinski definition) is 3. The molecule has 1 fully saturated rings. The smallest absolute Gasteiger partial charge is 0.337 e. The van der Waals surface area contributed by atoms with Gasteiger partial charge in [0.25, 0.3) is 0 Å². The Hall–Kier alpha value is -1.71. The van der Waals surface area contributed by atoms with Crippen LogP contribution in [0.25, 0.3) is 0 Å². The molecule has 0 unspecified atom stereocenters. The van der Waals surface area contributed by atoms with Crippen LogP contribution in [0.15, 0.2) is 18.2 Å². The Morgan fingerprint density at radius 2 is 2.27 bits per heavy atom. The molecule has 2 rings (SSSR count). The maximum atomic E-state index is 10.9. The lowest BCUT2D eigenvalue weighted by Crippen LogP contribution is -2.09. The molecule has 1 aliphatic carbocycles. The Bertz CT molecular complexity index is 386. The molecule has 4 nitrogen and oxygen atoms in total. The van der Waals surface area contributed by atoms with Crippen LogP contribution in [0.4, 0.5) is 11.4 Å². The molecule has 0 bridgehead atoms. The van der Waals surface area contributed by atoms with Crippen molar-refractivity contribution in [1.82, 2.24) is 0 Å². The number of aromatic carboxylic acids is 1. The summed E-state index contributed by atoms with van der Waals surface area (Å²) in [5, 5.41) is 12.1. The van der Waals surface area contributed by atoms with Crippen molar-refractivity contribution in [3.8, 4) is 0 Å². The summed E-state index contributed by atoms with van der Waals surface area (Å²) in [6, 6.07) is 4.81. The van der Waals surface area contributed by atoms with Crippen LogP contribution in [0.3, 0.4) is 0 Å². The van der Waals surface area contributed by atoms with Gasteiger partial charge in [0.2, 0.25) is 0 Å². The van der Waals surface area contributed by atoms with Gasteiger partial charge in [0.15, 0.2) is 0 Å². The van der Waals surface area contributed by atoms with E-state index in [0.29, 0.717) is 17.3 Å². The van der Waals surface area contributed by atoms with E-state index in [0.717, 1.165) is 6.54 Å². The fourth-order valence-corrected chi connectivity index (χ4v) is 1.47. The lowest BCUT2D eigenvalue weighted by Gasteiger charge is -2.09. The Balaban J connectivity index is 2.16. The van der Waals surface area contributed by atoms with Gasteiger partial charge in [-0.25, -0.2) is 4.79 Å². The van der Waals surface area contributed by atoms with Crippen LogP contribution in [0.1, 0.15) is 23.2 Å². The number of nitrogens with two attached hydrogens (primary N) is 1. The summed E-state index contributed by atoms with van der Waals surface area (Å²) in [6.45, 7) is 0.837. The number of anilines is 2. The lowest BCUT2D eigenvalue weighted by molar-refractivity contribution is 0.0698. The molecule has 0 spiro atoms. The summed E-state index contributed by atoms with van der Waals surface area (Å²) >= 11 is 0. The molecule has 4 N–H and O–H groups in total. The van der Waals surface area contributed by atoms with Crippen LogP contribution in [-0.4, -0.2) is 17.6 Å². The molecule has 0 heterocycles. The van der Waals surface area contributed by atoms with E-state index in [1.165, 1.54) is 18.9 Å². The second kappa shape index (κ2) is 3.81. The fourth-order valence-electron chi connectivity index (χ4n) is 1.47. The van der Waals surface area contributed by atoms with Gasteiger partial charge >= 0.3 is 5.97 Å². The number of carboxylic acids is 1. The van der Waals surface area contributed by atoms with Crippen molar-refractivity contribution in [2.24, 2.45) is 5.92 Å². The summed E-state index contributed by atoms with van der Waals surface area (Å²) in [6.07, 6.45) is 2.47. The van der Waals surface area contributed by atoms with Crippen LogP contribution < -0.4 is 11.1 Å². The molecule has 1 aromatic rings. The zero-order valence-electron chi connectivity index (χ0n) is 8.36. The van der Waals surface area contributed by atoms with Crippen molar-refractivity contribution in [3.05, 3.63) is 23.8 Å². The average Bonchev–Trinajstić information content (AvgIpc) is 2.97. The first-order valence-corrected chi connectivity index (χ1v) is 5.03. The van der Waals surface area contributed by atoms with E-state index in [2.05, 4.69) is 5.32 Å². The van der Waals surface area contributed by atoms with Gasteiger partial charge in [-0.05, 0) is 37.0 Å². The van der Waals surface area contributed by atoms with Gasteiger partial charge in [-0.2, -0.15) is 0 Å². The number of nitrogen functional groups attached to an aromatic ring is 1. The largest absolute Gasteiger partial charge is 0.478 e. The number of carbonyl (C=O) groups is 1. The molecule has 15 heavy (non-hydrogen) atoms. The molecule has 0 atom stereocenters. The summed E-state index contributed by atoms with van der Waals surface area (Å²) in [5.74, 6) is -0.221. The Morgan fingerprint density at radius 3 is 2.87 bits per heavy atom. The van der Waals surface area contributed by atoms with Crippen molar-refractivity contribution >= 4 is 17.3 Å². The summed E-state index contributed by atoms with van der Waals surface area (Å²) < 4.78 is 0. The molecule has 1 aromatic carbocycles. The molecule has 0 radical (unpaired) electrons. The van der Waals surface area contributed by atoms with Gasteiger partial charge in [-0.1, -0.05) is 0 Å². The normalized spacial score (nSPS) is 14.9. The van der Waals surface area contributed by atoms with Crippen LogP contribution in [0.5, 0.6) is 0 Å². The third-order valence-corrected chi connectivity index (χ3v) is 2.55. The van der Waals surface area contributed by atoms with Crippen LogP contribution in [0.2, 0.25) is 0 Å². The first kappa shape index (κ1) is 9.83. The third-order valence-electron chi connectivity index (χ3n) is 2.55. The van der Waals surface area contributed by atoms with Gasteiger partial charge in [-0.15, -0.1) is 0 Å². The number of rotatable bonds is 4. The molecule has 1 saturated carbocycles. The van der Waals surface area contributed by atoms with Crippen LogP contribution in [-0.2, 0) is 0 Å². The van der Waals surface area contributed by atoms with Crippen LogP contribution in [0, 0.1) is 5.92 Å². The zero-order valence-corrected chi connectivity index (χ0v) is 8.36. The minimum atomic E-state index is -0.923. The third kappa shape index (κ3) is 2.40. The van der Waals surface area contributed by atoms with Crippen molar-refractivity contribution < 1.29 is 9.90 Å². The maximum absolute atomic E-state index is 10.9. The van der Waals surface area contributed by atoms with Gasteiger partial charge in [0.05, 0.1) is 11.3 Å². The molecule has 4 heteroatoms. The highest BCUT2D eigenvalue weighted by Crippen LogP contribution is 2.29. The zero-order chi connectivity index (χ0) is 10.8. The summed E-state index contributed by atoms with van der Waals surface area (Å²) in [5.41, 5.74) is 7.10. The highest BCUT2D eigenvalue weighted by molar-refractivity contribution is 5.95. The van der Waals surface area contributed by atoms with E-state index in [-0.39, 0.29) is 5.56 Å². The van der Waals surface area contributed by atoms with Crippen molar-refractivity contribution in [2.75, 3.05) is 17.6 Å². The predicted molar refractivity (Wildman–Crippen MR) is 59.0 cm³/mol. The molecular formula is C11H14N2O2. The first-order valence-electron chi connectivity index (χ1n) is 5.03.